The van der Waals surface area contributed by atoms with Crippen molar-refractivity contribution in [3.8, 4) is 0 Å². The lowest BCUT2D eigenvalue weighted by Gasteiger charge is -2.31. The first kappa shape index (κ1) is 54.5. The van der Waals surface area contributed by atoms with Crippen LogP contribution >= 0.6 is 0 Å². The second-order valence-corrected chi connectivity index (χ2v) is 16.0. The van der Waals surface area contributed by atoms with Gasteiger partial charge in [-0.1, -0.05) is 163 Å². The van der Waals surface area contributed by atoms with Crippen LogP contribution in [-0.4, -0.2) is 80.6 Å². The molecule has 0 aromatic carbocycles. The van der Waals surface area contributed by atoms with Crippen molar-refractivity contribution in [2.24, 2.45) is 0 Å². The van der Waals surface area contributed by atoms with E-state index in [2.05, 4.69) is 68.5 Å². The molecule has 0 aliphatic rings. The number of likely N-dealkylation sites (N-methyl/N-ethyl adjacent to an activating group) is 1. The first-order chi connectivity index (χ1) is 28.1. The molecule has 0 aliphatic carbocycles. The van der Waals surface area contributed by atoms with Gasteiger partial charge >= 0.3 is 17.9 Å². The van der Waals surface area contributed by atoms with E-state index < -0.39 is 18.1 Å². The van der Waals surface area contributed by atoms with Gasteiger partial charge < -0.3 is 23.8 Å². The molecule has 1 N–H and O–H groups in total. The standard InChI is InChI=1S/C50H83NO7/c1-6-8-10-12-14-16-18-20-22-23-24-25-27-28-30-32-34-36-38-40-48(52)57-45-46(44-56-43-42-47(50(54)55)51(3,4)5)58-49(53)41-39-37-35-33-31-29-26-21-19-17-15-13-11-9-7-2/h8-11,13-17,19-22,26,46-47H,6-7,12,18,23-25,27-45H2,1-5H3/p+1/b10-8+,11-9+,15-13+,16-14+,19-17+,22-20+,26-21+. The molecule has 0 amide bonds. The van der Waals surface area contributed by atoms with Gasteiger partial charge in [-0.05, 0) is 64.2 Å². The number of esters is 2. The zero-order chi connectivity index (χ0) is 42.8. The molecule has 0 rings (SSSR count). The highest BCUT2D eigenvalue weighted by atomic mass is 16.6. The quantitative estimate of drug-likeness (QED) is 0.0217. The van der Waals surface area contributed by atoms with Gasteiger partial charge in [0.2, 0.25) is 0 Å². The summed E-state index contributed by atoms with van der Waals surface area (Å²) in [5.74, 6) is -1.51. The van der Waals surface area contributed by atoms with Crippen molar-refractivity contribution in [3.63, 3.8) is 0 Å². The normalized spacial score (nSPS) is 13.7. The molecule has 0 bridgehead atoms. The van der Waals surface area contributed by atoms with E-state index in [9.17, 15) is 19.5 Å². The fraction of sp³-hybridized carbons (Fsp3) is 0.660. The Morgan fingerprint density at radius 1 is 0.534 bits per heavy atom. The van der Waals surface area contributed by atoms with Crippen LogP contribution in [0.5, 0.6) is 0 Å². The van der Waals surface area contributed by atoms with E-state index in [-0.39, 0.29) is 36.2 Å². The lowest BCUT2D eigenvalue weighted by molar-refractivity contribution is -0.887. The van der Waals surface area contributed by atoms with E-state index in [1.54, 1.807) is 0 Å². The summed E-state index contributed by atoms with van der Waals surface area (Å²) in [7, 11) is 5.51. The minimum Gasteiger partial charge on any atom is -0.477 e. The number of hydrogen-bond acceptors (Lipinski definition) is 6. The molecule has 2 unspecified atom stereocenters. The number of rotatable bonds is 39. The Balaban J connectivity index is 4.36. The first-order valence-electron chi connectivity index (χ1n) is 22.7. The van der Waals surface area contributed by atoms with Gasteiger partial charge in [-0.2, -0.15) is 0 Å². The van der Waals surface area contributed by atoms with Crippen LogP contribution in [0.3, 0.4) is 0 Å². The molecule has 0 fully saturated rings. The van der Waals surface area contributed by atoms with Crippen molar-refractivity contribution in [1.82, 2.24) is 0 Å². The molecule has 0 saturated heterocycles. The van der Waals surface area contributed by atoms with Crippen LogP contribution in [0.15, 0.2) is 85.1 Å². The van der Waals surface area contributed by atoms with Gasteiger partial charge in [0.1, 0.15) is 6.61 Å². The number of carboxylic acid groups (broad SMARTS) is 1. The van der Waals surface area contributed by atoms with Crippen LogP contribution in [0.4, 0.5) is 0 Å². The van der Waals surface area contributed by atoms with Crippen LogP contribution in [0.25, 0.3) is 0 Å². The molecule has 0 aromatic heterocycles. The number of carboxylic acids is 1. The minimum atomic E-state index is -0.884. The number of ether oxygens (including phenoxy) is 3. The topological polar surface area (TPSA) is 99.1 Å². The molecular weight excluding hydrogens is 727 g/mol. The minimum absolute atomic E-state index is 0.0448. The number of hydrogen-bond donors (Lipinski definition) is 1. The highest BCUT2D eigenvalue weighted by Crippen LogP contribution is 2.14. The predicted octanol–water partition coefficient (Wildman–Crippen LogP) is 12.5. The zero-order valence-corrected chi connectivity index (χ0v) is 37.5. The molecule has 58 heavy (non-hydrogen) atoms. The van der Waals surface area contributed by atoms with Gasteiger partial charge in [-0.25, -0.2) is 4.79 Å². The average Bonchev–Trinajstić information content (AvgIpc) is 3.18. The third-order valence-corrected chi connectivity index (χ3v) is 9.63. The second-order valence-electron chi connectivity index (χ2n) is 16.0. The van der Waals surface area contributed by atoms with E-state index in [1.165, 1.54) is 38.5 Å². The number of nitrogens with zero attached hydrogens (tertiary/aromatic N) is 1. The van der Waals surface area contributed by atoms with Crippen molar-refractivity contribution in [1.29, 1.82) is 0 Å². The maximum atomic E-state index is 12.7. The van der Waals surface area contributed by atoms with Crippen LogP contribution in [-0.2, 0) is 28.6 Å². The van der Waals surface area contributed by atoms with Crippen LogP contribution < -0.4 is 0 Å². The Hall–Kier alpha value is -3.49. The number of carbonyl (C=O) groups excluding carboxylic acids is 2. The maximum Gasteiger partial charge on any atom is 0.362 e. The summed E-state index contributed by atoms with van der Waals surface area (Å²) in [6.07, 6.45) is 51.9. The van der Waals surface area contributed by atoms with E-state index >= 15 is 0 Å². The monoisotopic (exact) mass is 811 g/mol. The van der Waals surface area contributed by atoms with Gasteiger partial charge in [0.05, 0.1) is 34.4 Å². The SMILES string of the molecule is CC/C=C/C=C/C=C/C=C/CCCCCCCC(=O)OC(COCCC(C(=O)O)[N+](C)(C)C)COC(=O)CCCCCCCCCCC/C=C/C/C=C/C/C=C/CC. The largest absolute Gasteiger partial charge is 0.477 e. The second kappa shape index (κ2) is 40.3. The van der Waals surface area contributed by atoms with Gasteiger partial charge in [0, 0.05) is 19.3 Å². The van der Waals surface area contributed by atoms with E-state index in [0.29, 0.717) is 19.3 Å². The number of quaternary nitrogens is 1. The fourth-order valence-electron chi connectivity index (χ4n) is 6.17. The van der Waals surface area contributed by atoms with Gasteiger partial charge in [-0.3, -0.25) is 9.59 Å². The number of aliphatic carboxylic acids is 1. The smallest absolute Gasteiger partial charge is 0.362 e. The Morgan fingerprint density at radius 2 is 1.00 bits per heavy atom. The Bertz CT molecular complexity index is 1220. The molecular formula is C50H84NO7+. The van der Waals surface area contributed by atoms with Crippen molar-refractivity contribution >= 4 is 17.9 Å². The summed E-state index contributed by atoms with van der Waals surface area (Å²) in [5.41, 5.74) is 0. The summed E-state index contributed by atoms with van der Waals surface area (Å²) >= 11 is 0. The van der Waals surface area contributed by atoms with Gasteiger partial charge in [-0.15, -0.1) is 0 Å². The molecule has 0 radical (unpaired) electrons. The molecule has 0 aromatic rings. The Labute approximate surface area is 354 Å². The number of allylic oxidation sites excluding steroid dienone is 14. The molecule has 330 valence electrons. The fourth-order valence-corrected chi connectivity index (χ4v) is 6.17. The summed E-state index contributed by atoms with van der Waals surface area (Å²) in [6.45, 7) is 4.44. The molecule has 0 aliphatic heterocycles. The molecule has 0 saturated carbocycles. The van der Waals surface area contributed by atoms with Crippen LogP contribution in [0, 0.1) is 0 Å². The van der Waals surface area contributed by atoms with E-state index in [4.69, 9.17) is 14.2 Å². The molecule has 2 atom stereocenters. The molecule has 8 nitrogen and oxygen atoms in total. The van der Waals surface area contributed by atoms with Gasteiger partial charge in [0.25, 0.3) is 0 Å². The van der Waals surface area contributed by atoms with Crippen LogP contribution in [0.1, 0.15) is 162 Å². The van der Waals surface area contributed by atoms with E-state index in [0.717, 1.165) is 89.9 Å². The van der Waals surface area contributed by atoms with Crippen molar-refractivity contribution in [3.05, 3.63) is 85.1 Å². The molecule has 0 spiro atoms. The highest BCUT2D eigenvalue weighted by molar-refractivity contribution is 5.72. The third kappa shape index (κ3) is 38.1. The average molecular weight is 811 g/mol. The van der Waals surface area contributed by atoms with Crippen molar-refractivity contribution < 1.29 is 38.2 Å². The Morgan fingerprint density at radius 3 is 1.55 bits per heavy atom. The summed E-state index contributed by atoms with van der Waals surface area (Å²) in [4.78, 5) is 37.0. The summed E-state index contributed by atoms with van der Waals surface area (Å²) in [5, 5.41) is 9.63. The van der Waals surface area contributed by atoms with Gasteiger partial charge in [0.15, 0.2) is 12.1 Å². The maximum absolute atomic E-state index is 12.7. The summed E-state index contributed by atoms with van der Waals surface area (Å²) < 4.78 is 17.3. The van der Waals surface area contributed by atoms with E-state index in [1.807, 2.05) is 51.5 Å². The van der Waals surface area contributed by atoms with Crippen molar-refractivity contribution in [2.75, 3.05) is 41.0 Å². The zero-order valence-electron chi connectivity index (χ0n) is 37.5. The number of carbonyl (C=O) groups is 3. The van der Waals surface area contributed by atoms with Crippen LogP contribution in [0.2, 0.25) is 0 Å². The summed E-state index contributed by atoms with van der Waals surface area (Å²) in [6, 6.07) is -0.624. The highest BCUT2D eigenvalue weighted by Gasteiger charge is 2.31. The first-order valence-corrected chi connectivity index (χ1v) is 22.7. The Kier molecular flexibility index (Phi) is 37.9. The number of unbranched alkanes of at least 4 members (excludes halogenated alkanes) is 14. The molecule has 8 heteroatoms. The molecule has 0 heterocycles. The lowest BCUT2D eigenvalue weighted by Crippen LogP contribution is -2.50. The van der Waals surface area contributed by atoms with Crippen molar-refractivity contribution in [2.45, 2.75) is 174 Å². The predicted molar refractivity (Wildman–Crippen MR) is 243 cm³/mol. The lowest BCUT2D eigenvalue weighted by atomic mass is 10.1. The third-order valence-electron chi connectivity index (χ3n) is 9.63.